The van der Waals surface area contributed by atoms with Crippen LogP contribution in [0.1, 0.15) is 60.2 Å². The zero-order valence-corrected chi connectivity index (χ0v) is 22.9. The van der Waals surface area contributed by atoms with Crippen molar-refractivity contribution in [1.29, 1.82) is 0 Å². The third-order valence-corrected chi connectivity index (χ3v) is 7.58. The van der Waals surface area contributed by atoms with Gasteiger partial charge >= 0.3 is 0 Å². The van der Waals surface area contributed by atoms with Crippen molar-refractivity contribution in [2.24, 2.45) is 0 Å². The predicted octanol–water partition coefficient (Wildman–Crippen LogP) is 4.88. The maximum absolute atomic E-state index is 14.7. The van der Waals surface area contributed by atoms with Gasteiger partial charge < -0.3 is 24.8 Å². The Labute approximate surface area is 233 Å². The van der Waals surface area contributed by atoms with Gasteiger partial charge in [-0.1, -0.05) is 62.4 Å². The highest BCUT2D eigenvalue weighted by molar-refractivity contribution is 6.42. The largest absolute Gasteiger partial charge is 0.486 e. The zero-order chi connectivity index (χ0) is 28.2. The Hall–Kier alpha value is -3.75. The van der Waals surface area contributed by atoms with Crippen LogP contribution >= 0.6 is 0 Å². The molecule has 0 radical (unpaired) electrons. The molecule has 2 N–H and O–H groups in total. The second kappa shape index (κ2) is 12.2. The number of amides is 1. The lowest BCUT2D eigenvalue weighted by Gasteiger charge is -2.29. The van der Waals surface area contributed by atoms with Gasteiger partial charge in [0.15, 0.2) is 17.3 Å². The lowest BCUT2D eigenvalue weighted by atomic mass is 9.97. The van der Waals surface area contributed by atoms with Crippen LogP contribution in [-0.4, -0.2) is 60.6 Å². The van der Waals surface area contributed by atoms with Gasteiger partial charge in [-0.3, -0.25) is 9.59 Å². The van der Waals surface area contributed by atoms with Crippen LogP contribution in [0.5, 0.6) is 11.5 Å². The van der Waals surface area contributed by atoms with E-state index in [0.717, 1.165) is 37.1 Å². The van der Waals surface area contributed by atoms with Crippen molar-refractivity contribution in [2.75, 3.05) is 32.8 Å². The van der Waals surface area contributed by atoms with E-state index >= 15 is 0 Å². The van der Waals surface area contributed by atoms with Crippen LogP contribution in [0, 0.1) is 5.82 Å². The molecule has 2 aliphatic heterocycles. The van der Waals surface area contributed by atoms with E-state index in [9.17, 15) is 19.1 Å². The Morgan fingerprint density at radius 3 is 2.20 bits per heavy atom. The summed E-state index contributed by atoms with van der Waals surface area (Å²) in [6.45, 7) is 6.77. The molecule has 3 aromatic carbocycles. The van der Waals surface area contributed by atoms with Crippen molar-refractivity contribution in [3.8, 4) is 22.6 Å². The number of ketones is 1. The lowest BCUT2D eigenvalue weighted by Crippen LogP contribution is -2.48. The number of rotatable bonds is 9. The molecule has 2 heterocycles. The van der Waals surface area contributed by atoms with Crippen LogP contribution in [0.25, 0.3) is 11.1 Å². The molecule has 1 saturated heterocycles. The minimum Gasteiger partial charge on any atom is -0.486 e. The number of fused-ring (bicyclic) bond motifs is 1. The second-order valence-electron chi connectivity index (χ2n) is 10.7. The topological polar surface area (TPSA) is 88.1 Å². The molecule has 0 aromatic heterocycles. The summed E-state index contributed by atoms with van der Waals surface area (Å²) in [7, 11) is 0. The Bertz CT molecular complexity index is 1350. The Balaban J connectivity index is 1.31. The van der Waals surface area contributed by atoms with Crippen LogP contribution in [0.15, 0.2) is 60.7 Å². The molecule has 0 aliphatic carbocycles. The number of ether oxygens (including phenoxy) is 2. The van der Waals surface area contributed by atoms with Crippen molar-refractivity contribution >= 4 is 11.7 Å². The van der Waals surface area contributed by atoms with Gasteiger partial charge in [-0.2, -0.15) is 0 Å². The fourth-order valence-electron chi connectivity index (χ4n) is 5.24. The average molecular weight is 547 g/mol. The zero-order valence-electron chi connectivity index (χ0n) is 22.9. The normalized spacial score (nSPS) is 16.5. The molecule has 2 atom stereocenters. The Kier molecular flexibility index (Phi) is 8.47. The number of halogens is 1. The minimum atomic E-state index is -1.26. The number of aliphatic hydroxyl groups excluding tert-OH is 1. The number of nitrogens with zero attached hydrogens (tertiary/aromatic N) is 1. The summed E-state index contributed by atoms with van der Waals surface area (Å²) in [5, 5.41) is 14.0. The van der Waals surface area contributed by atoms with E-state index < -0.39 is 29.7 Å². The Morgan fingerprint density at radius 2 is 1.55 bits per heavy atom. The van der Waals surface area contributed by atoms with E-state index in [1.54, 1.807) is 12.1 Å². The van der Waals surface area contributed by atoms with Crippen molar-refractivity contribution in [3.63, 3.8) is 0 Å². The van der Waals surface area contributed by atoms with E-state index in [2.05, 4.69) is 36.2 Å². The summed E-state index contributed by atoms with van der Waals surface area (Å²) in [6, 6.07) is 17.1. The first-order valence-corrected chi connectivity index (χ1v) is 13.8. The summed E-state index contributed by atoms with van der Waals surface area (Å²) >= 11 is 0. The Morgan fingerprint density at radius 1 is 0.925 bits per heavy atom. The SMILES string of the molecule is CC(C)c1ccc(-c2ccc(C(=O)C(=O)N[C@H](CN3CCCC3)[C@H](O)c3cc(F)c4c(c3)OCCO4)cc2)cc1. The number of carbonyl (C=O) groups excluding carboxylic acids is 2. The van der Waals surface area contributed by atoms with Gasteiger partial charge in [0.25, 0.3) is 5.91 Å². The molecule has 7 nitrogen and oxygen atoms in total. The van der Waals surface area contributed by atoms with Crippen molar-refractivity contribution in [1.82, 2.24) is 10.2 Å². The number of likely N-dealkylation sites (tertiary alicyclic amines) is 1. The molecule has 8 heteroatoms. The maximum Gasteiger partial charge on any atom is 0.292 e. The maximum atomic E-state index is 14.7. The number of carbonyl (C=O) groups is 2. The number of Topliss-reactive ketones (excluding diaryl/α,β-unsaturated/α-hetero) is 1. The molecule has 0 bridgehead atoms. The monoisotopic (exact) mass is 546 g/mol. The standard InChI is InChI=1S/C32H35FN2O5/c1-20(2)21-5-7-22(8-6-21)23-9-11-24(12-10-23)30(37)32(38)34-27(19-35-13-3-4-14-35)29(36)25-17-26(33)31-28(18-25)39-15-16-40-31/h5-12,17-18,20,27,29,36H,3-4,13-16,19H2,1-2H3,(H,34,38)/t27-,29-/m1/s1. The first-order valence-electron chi connectivity index (χ1n) is 13.8. The van der Waals surface area contributed by atoms with E-state index in [1.165, 1.54) is 17.7 Å². The van der Waals surface area contributed by atoms with Gasteiger partial charge in [0.1, 0.15) is 19.3 Å². The lowest BCUT2D eigenvalue weighted by molar-refractivity contribution is -0.118. The van der Waals surface area contributed by atoms with Gasteiger partial charge in [-0.15, -0.1) is 0 Å². The second-order valence-corrected chi connectivity index (χ2v) is 10.7. The number of benzene rings is 3. The first kappa shape index (κ1) is 27.8. The minimum absolute atomic E-state index is 0.0109. The third kappa shape index (κ3) is 6.18. The number of hydrogen-bond donors (Lipinski definition) is 2. The summed E-state index contributed by atoms with van der Waals surface area (Å²) in [5.41, 5.74) is 3.70. The third-order valence-electron chi connectivity index (χ3n) is 7.58. The highest BCUT2D eigenvalue weighted by atomic mass is 19.1. The molecule has 5 rings (SSSR count). The van der Waals surface area contributed by atoms with E-state index in [4.69, 9.17) is 9.47 Å². The molecule has 0 saturated carbocycles. The van der Waals surface area contributed by atoms with Crippen molar-refractivity contribution in [3.05, 3.63) is 83.2 Å². The van der Waals surface area contributed by atoms with E-state index in [0.29, 0.717) is 12.5 Å². The quantitative estimate of drug-likeness (QED) is 0.294. The molecule has 40 heavy (non-hydrogen) atoms. The van der Waals surface area contributed by atoms with Gasteiger partial charge in [-0.25, -0.2) is 4.39 Å². The fourth-order valence-corrected chi connectivity index (χ4v) is 5.24. The van der Waals surface area contributed by atoms with Gasteiger partial charge in [-0.05, 0) is 66.2 Å². The first-order chi connectivity index (χ1) is 19.3. The van der Waals surface area contributed by atoms with E-state index in [-0.39, 0.29) is 35.8 Å². The highest BCUT2D eigenvalue weighted by Crippen LogP contribution is 2.36. The van der Waals surface area contributed by atoms with Crippen LogP contribution in [0.4, 0.5) is 4.39 Å². The number of aliphatic hydroxyl groups is 1. The molecular formula is C32H35FN2O5. The smallest absolute Gasteiger partial charge is 0.292 e. The van der Waals surface area contributed by atoms with Gasteiger partial charge in [0, 0.05) is 12.1 Å². The van der Waals surface area contributed by atoms with Gasteiger partial charge in [0.2, 0.25) is 5.78 Å². The molecule has 1 amide bonds. The highest BCUT2D eigenvalue weighted by Gasteiger charge is 2.31. The molecule has 2 aliphatic rings. The fraction of sp³-hybridized carbons (Fsp3) is 0.375. The van der Waals surface area contributed by atoms with Crippen LogP contribution in [-0.2, 0) is 4.79 Å². The summed E-state index contributed by atoms with van der Waals surface area (Å²) in [6.07, 6.45) is 0.765. The summed E-state index contributed by atoms with van der Waals surface area (Å²) in [5.74, 6) is -1.51. The molecule has 210 valence electrons. The molecule has 0 spiro atoms. The molecule has 1 fully saturated rings. The van der Waals surface area contributed by atoms with Gasteiger partial charge in [0.05, 0.1) is 6.04 Å². The predicted molar refractivity (Wildman–Crippen MR) is 150 cm³/mol. The summed E-state index contributed by atoms with van der Waals surface area (Å²) < 4.78 is 25.6. The summed E-state index contributed by atoms with van der Waals surface area (Å²) in [4.78, 5) is 28.3. The molecule has 0 unspecified atom stereocenters. The average Bonchev–Trinajstić information content (AvgIpc) is 3.49. The number of hydrogen-bond acceptors (Lipinski definition) is 6. The molecular weight excluding hydrogens is 511 g/mol. The van der Waals surface area contributed by atoms with Crippen LogP contribution in [0.3, 0.4) is 0 Å². The van der Waals surface area contributed by atoms with Crippen molar-refractivity contribution in [2.45, 2.75) is 44.8 Å². The molecule has 3 aromatic rings. The number of nitrogens with one attached hydrogen (secondary N) is 1. The van der Waals surface area contributed by atoms with E-state index in [1.807, 2.05) is 24.3 Å². The van der Waals surface area contributed by atoms with Crippen molar-refractivity contribution < 1.29 is 28.6 Å². The van der Waals surface area contributed by atoms with Crippen LogP contribution < -0.4 is 14.8 Å². The van der Waals surface area contributed by atoms with Crippen LogP contribution in [0.2, 0.25) is 0 Å².